The Morgan fingerprint density at radius 2 is 1.74 bits per heavy atom. The standard InChI is InChI=1S/C20H21ClFN/c1-2-3-4-5-6-7-15-8-10-17(11-9-15)20-18(21)12-16(14-23)13-19(20)22/h8-13H,2-7H2,1H3. The topological polar surface area (TPSA) is 23.8 Å². The zero-order valence-corrected chi connectivity index (χ0v) is 14.2. The third-order valence-corrected chi connectivity index (χ3v) is 4.28. The van der Waals surface area contributed by atoms with Crippen LogP contribution >= 0.6 is 11.6 Å². The lowest BCUT2D eigenvalue weighted by atomic mass is 9.99. The minimum atomic E-state index is -0.457. The molecule has 0 N–H and O–H groups in total. The fraction of sp³-hybridized carbons (Fsp3) is 0.350. The van der Waals surface area contributed by atoms with Crippen LogP contribution in [0.4, 0.5) is 4.39 Å². The average molecular weight is 330 g/mol. The molecule has 2 rings (SSSR count). The van der Waals surface area contributed by atoms with Crippen LogP contribution < -0.4 is 0 Å². The summed E-state index contributed by atoms with van der Waals surface area (Å²) in [6, 6.07) is 12.5. The lowest BCUT2D eigenvalue weighted by Crippen LogP contribution is -1.90. The molecule has 0 aliphatic carbocycles. The second-order valence-corrected chi connectivity index (χ2v) is 6.20. The number of unbranched alkanes of at least 4 members (excludes halogenated alkanes) is 4. The van der Waals surface area contributed by atoms with E-state index in [2.05, 4.69) is 6.92 Å². The van der Waals surface area contributed by atoms with E-state index in [-0.39, 0.29) is 10.6 Å². The van der Waals surface area contributed by atoms with Crippen molar-refractivity contribution in [2.75, 3.05) is 0 Å². The molecule has 0 unspecified atom stereocenters. The summed E-state index contributed by atoms with van der Waals surface area (Å²) in [6.07, 6.45) is 7.34. The van der Waals surface area contributed by atoms with Crippen LogP contribution in [-0.4, -0.2) is 0 Å². The van der Waals surface area contributed by atoms with Crippen LogP contribution in [0.5, 0.6) is 0 Å². The molecular weight excluding hydrogens is 309 g/mol. The van der Waals surface area contributed by atoms with Crippen molar-refractivity contribution in [3.8, 4) is 17.2 Å². The van der Waals surface area contributed by atoms with Gasteiger partial charge >= 0.3 is 0 Å². The van der Waals surface area contributed by atoms with Gasteiger partial charge in [0.2, 0.25) is 0 Å². The third-order valence-electron chi connectivity index (χ3n) is 3.98. The Labute approximate surface area is 142 Å². The fourth-order valence-electron chi connectivity index (χ4n) is 2.68. The van der Waals surface area contributed by atoms with Gasteiger partial charge in [0.15, 0.2) is 0 Å². The van der Waals surface area contributed by atoms with E-state index in [0.29, 0.717) is 5.56 Å². The van der Waals surface area contributed by atoms with E-state index >= 15 is 0 Å². The number of hydrogen-bond donors (Lipinski definition) is 0. The first-order chi connectivity index (χ1) is 11.2. The van der Waals surface area contributed by atoms with Crippen molar-refractivity contribution in [3.63, 3.8) is 0 Å². The first-order valence-electron chi connectivity index (χ1n) is 8.14. The van der Waals surface area contributed by atoms with Gasteiger partial charge in [-0.2, -0.15) is 5.26 Å². The summed E-state index contributed by atoms with van der Waals surface area (Å²) in [5, 5.41) is 9.12. The molecule has 0 aliphatic rings. The highest BCUT2D eigenvalue weighted by Gasteiger charge is 2.12. The van der Waals surface area contributed by atoms with Crippen LogP contribution in [-0.2, 0) is 6.42 Å². The number of halogens is 2. The third kappa shape index (κ3) is 4.81. The number of benzene rings is 2. The number of nitrogens with zero attached hydrogens (tertiary/aromatic N) is 1. The van der Waals surface area contributed by atoms with Crippen LogP contribution in [0.1, 0.15) is 50.2 Å². The predicted octanol–water partition coefficient (Wildman–Crippen LogP) is 6.53. The van der Waals surface area contributed by atoms with Gasteiger partial charge < -0.3 is 0 Å². The highest BCUT2D eigenvalue weighted by molar-refractivity contribution is 6.33. The first kappa shape index (κ1) is 17.5. The molecule has 0 amide bonds. The number of rotatable bonds is 7. The monoisotopic (exact) mass is 329 g/mol. The summed E-state index contributed by atoms with van der Waals surface area (Å²) < 4.78 is 14.2. The minimum absolute atomic E-state index is 0.236. The van der Waals surface area contributed by atoms with Crippen molar-refractivity contribution >= 4 is 11.6 Å². The van der Waals surface area contributed by atoms with Gasteiger partial charge in [0.25, 0.3) is 0 Å². The Balaban J connectivity index is 2.07. The summed E-state index contributed by atoms with van der Waals surface area (Å²) in [5.41, 5.74) is 2.60. The molecule has 0 fully saturated rings. The van der Waals surface area contributed by atoms with Gasteiger partial charge in [-0.3, -0.25) is 0 Å². The molecule has 23 heavy (non-hydrogen) atoms. The van der Waals surface area contributed by atoms with Crippen molar-refractivity contribution in [1.29, 1.82) is 5.26 Å². The molecule has 1 nitrogen and oxygen atoms in total. The van der Waals surface area contributed by atoms with Crippen LogP contribution in [0, 0.1) is 17.1 Å². The van der Waals surface area contributed by atoms with Crippen molar-refractivity contribution in [1.82, 2.24) is 0 Å². The Morgan fingerprint density at radius 1 is 1.04 bits per heavy atom. The highest BCUT2D eigenvalue weighted by Crippen LogP contribution is 2.32. The molecule has 0 bridgehead atoms. The number of aryl methyl sites for hydroxylation is 1. The molecule has 0 aromatic heterocycles. The molecule has 2 aromatic rings. The van der Waals surface area contributed by atoms with Crippen LogP contribution in [0.2, 0.25) is 5.02 Å². The summed E-state index contributed by atoms with van der Waals surface area (Å²) in [7, 11) is 0. The molecular formula is C20H21ClFN. The maximum absolute atomic E-state index is 14.2. The molecule has 0 saturated heterocycles. The zero-order chi connectivity index (χ0) is 16.7. The molecule has 0 aliphatic heterocycles. The lowest BCUT2D eigenvalue weighted by Gasteiger charge is -2.08. The van der Waals surface area contributed by atoms with E-state index in [1.807, 2.05) is 30.3 Å². The van der Waals surface area contributed by atoms with Gasteiger partial charge in [-0.15, -0.1) is 0 Å². The maximum Gasteiger partial charge on any atom is 0.133 e. The molecule has 0 radical (unpaired) electrons. The Bertz CT molecular complexity index is 663. The van der Waals surface area contributed by atoms with E-state index in [1.165, 1.54) is 49.8 Å². The van der Waals surface area contributed by atoms with Crippen molar-refractivity contribution < 1.29 is 4.39 Å². The van der Waals surface area contributed by atoms with Crippen molar-refractivity contribution in [2.24, 2.45) is 0 Å². The van der Waals surface area contributed by atoms with Crippen molar-refractivity contribution in [2.45, 2.75) is 45.4 Å². The SMILES string of the molecule is CCCCCCCc1ccc(-c2c(F)cc(C#N)cc2Cl)cc1. The van der Waals surface area contributed by atoms with Gasteiger partial charge in [-0.25, -0.2) is 4.39 Å². The summed E-state index contributed by atoms with van der Waals surface area (Å²) >= 11 is 6.13. The molecule has 0 heterocycles. The van der Waals surface area contributed by atoms with Crippen LogP contribution in [0.3, 0.4) is 0 Å². The maximum atomic E-state index is 14.2. The molecule has 3 heteroatoms. The normalized spacial score (nSPS) is 10.5. The van der Waals surface area contributed by atoms with E-state index in [4.69, 9.17) is 16.9 Å². The van der Waals surface area contributed by atoms with Crippen LogP contribution in [0.15, 0.2) is 36.4 Å². The van der Waals surface area contributed by atoms with Crippen LogP contribution in [0.25, 0.3) is 11.1 Å². The molecule has 120 valence electrons. The van der Waals surface area contributed by atoms with E-state index in [1.54, 1.807) is 0 Å². The van der Waals surface area contributed by atoms with Crippen molar-refractivity contribution in [3.05, 3.63) is 58.4 Å². The Kier molecular flexibility index (Phi) is 6.62. The lowest BCUT2D eigenvalue weighted by molar-refractivity contribution is 0.630. The van der Waals surface area contributed by atoms with E-state index < -0.39 is 5.82 Å². The van der Waals surface area contributed by atoms with Gasteiger partial charge in [-0.1, -0.05) is 68.5 Å². The molecule has 0 saturated carbocycles. The quantitative estimate of drug-likeness (QED) is 0.530. The zero-order valence-electron chi connectivity index (χ0n) is 13.4. The largest absolute Gasteiger partial charge is 0.206 e. The second-order valence-electron chi connectivity index (χ2n) is 5.79. The molecule has 0 spiro atoms. The van der Waals surface area contributed by atoms with Gasteiger partial charge in [-0.05, 0) is 36.1 Å². The summed E-state index contributed by atoms with van der Waals surface area (Å²) in [4.78, 5) is 0. The molecule has 2 aromatic carbocycles. The Hall–Kier alpha value is -1.85. The number of hydrogen-bond acceptors (Lipinski definition) is 1. The predicted molar refractivity (Wildman–Crippen MR) is 94.0 cm³/mol. The second kappa shape index (κ2) is 8.70. The number of nitriles is 1. The van der Waals surface area contributed by atoms with E-state index in [0.717, 1.165) is 12.0 Å². The smallest absolute Gasteiger partial charge is 0.133 e. The summed E-state index contributed by atoms with van der Waals surface area (Å²) in [5.74, 6) is -0.457. The fourth-order valence-corrected chi connectivity index (χ4v) is 3.00. The van der Waals surface area contributed by atoms with Gasteiger partial charge in [0, 0.05) is 5.56 Å². The van der Waals surface area contributed by atoms with Gasteiger partial charge in [0.1, 0.15) is 5.82 Å². The molecule has 0 atom stereocenters. The van der Waals surface area contributed by atoms with E-state index in [9.17, 15) is 4.39 Å². The Morgan fingerprint density at radius 3 is 2.35 bits per heavy atom. The highest BCUT2D eigenvalue weighted by atomic mass is 35.5. The average Bonchev–Trinajstić information content (AvgIpc) is 2.55. The minimum Gasteiger partial charge on any atom is -0.206 e. The first-order valence-corrected chi connectivity index (χ1v) is 8.52. The summed E-state index contributed by atoms with van der Waals surface area (Å²) in [6.45, 7) is 2.21. The van der Waals surface area contributed by atoms with Gasteiger partial charge in [0.05, 0.1) is 16.7 Å².